The molecule has 3 nitrogen and oxygen atoms in total. The molecule has 0 aliphatic rings. The van der Waals surface area contributed by atoms with Crippen LogP contribution in [0.2, 0.25) is 0 Å². The monoisotopic (exact) mass is 160 g/mol. The first kappa shape index (κ1) is 10.9. The summed E-state index contributed by atoms with van der Waals surface area (Å²) in [6.07, 6.45) is 0. The van der Waals surface area contributed by atoms with Gasteiger partial charge < -0.3 is 15.4 Å². The van der Waals surface area contributed by atoms with Gasteiger partial charge in [0.15, 0.2) is 0 Å². The third-order valence-electron chi connectivity index (χ3n) is 1.66. The zero-order chi connectivity index (χ0) is 8.74. The van der Waals surface area contributed by atoms with Crippen LogP contribution >= 0.6 is 0 Å². The van der Waals surface area contributed by atoms with E-state index in [-0.39, 0.29) is 5.60 Å². The third kappa shape index (κ3) is 6.28. The summed E-state index contributed by atoms with van der Waals surface area (Å²) in [5.74, 6) is 0. The number of methoxy groups -OCH3 is 1. The Morgan fingerprint density at radius 3 is 2.36 bits per heavy atom. The summed E-state index contributed by atoms with van der Waals surface area (Å²) >= 11 is 0. The van der Waals surface area contributed by atoms with Crippen LogP contribution in [0.15, 0.2) is 0 Å². The highest BCUT2D eigenvalue weighted by Crippen LogP contribution is 2.03. The second-order valence-corrected chi connectivity index (χ2v) is 3.24. The standard InChI is InChI=1S/C8H20N2O/c1-8(2,11-4)7-10-6-5-9-3/h9-10H,5-7H2,1-4H3. The first-order valence-corrected chi connectivity index (χ1v) is 4.03. The van der Waals surface area contributed by atoms with E-state index >= 15 is 0 Å². The number of nitrogens with one attached hydrogen (secondary N) is 2. The highest BCUT2D eigenvalue weighted by atomic mass is 16.5. The quantitative estimate of drug-likeness (QED) is 0.545. The van der Waals surface area contributed by atoms with Gasteiger partial charge in [0.25, 0.3) is 0 Å². The van der Waals surface area contributed by atoms with Gasteiger partial charge in [-0.2, -0.15) is 0 Å². The Hall–Kier alpha value is -0.120. The molecule has 0 amide bonds. The van der Waals surface area contributed by atoms with Crippen LogP contribution in [0.3, 0.4) is 0 Å². The minimum Gasteiger partial charge on any atom is -0.377 e. The molecule has 0 aromatic rings. The molecule has 68 valence electrons. The maximum Gasteiger partial charge on any atom is 0.0746 e. The summed E-state index contributed by atoms with van der Waals surface area (Å²) in [4.78, 5) is 0. The van der Waals surface area contributed by atoms with Crippen molar-refractivity contribution in [3.05, 3.63) is 0 Å². The van der Waals surface area contributed by atoms with Crippen molar-refractivity contribution < 1.29 is 4.74 Å². The molecule has 0 aliphatic heterocycles. The highest BCUT2D eigenvalue weighted by Gasteiger charge is 2.14. The normalized spacial score (nSPS) is 12.0. The van der Waals surface area contributed by atoms with Crippen LogP contribution in [0.4, 0.5) is 0 Å². The molecule has 0 fully saturated rings. The molecule has 0 radical (unpaired) electrons. The summed E-state index contributed by atoms with van der Waals surface area (Å²) < 4.78 is 5.23. The molecule has 0 spiro atoms. The van der Waals surface area contributed by atoms with Crippen LogP contribution in [-0.2, 0) is 4.74 Å². The van der Waals surface area contributed by atoms with E-state index in [0.29, 0.717) is 0 Å². The van der Waals surface area contributed by atoms with Crippen molar-refractivity contribution in [2.75, 3.05) is 33.8 Å². The van der Waals surface area contributed by atoms with E-state index in [1.165, 1.54) is 0 Å². The number of ether oxygens (including phenoxy) is 1. The van der Waals surface area contributed by atoms with Crippen molar-refractivity contribution in [2.24, 2.45) is 0 Å². The zero-order valence-corrected chi connectivity index (χ0v) is 8.03. The molecule has 3 heteroatoms. The molecular weight excluding hydrogens is 140 g/mol. The molecule has 0 saturated heterocycles. The number of likely N-dealkylation sites (N-methyl/N-ethyl adjacent to an activating group) is 1. The minimum absolute atomic E-state index is 0.0479. The van der Waals surface area contributed by atoms with Crippen molar-refractivity contribution in [1.82, 2.24) is 10.6 Å². The van der Waals surface area contributed by atoms with E-state index in [1.54, 1.807) is 7.11 Å². The fraction of sp³-hybridized carbons (Fsp3) is 1.00. The average Bonchev–Trinajstić information content (AvgIpc) is 1.99. The lowest BCUT2D eigenvalue weighted by molar-refractivity contribution is 0.0236. The number of hydrogen-bond acceptors (Lipinski definition) is 3. The molecule has 0 rings (SSSR count). The topological polar surface area (TPSA) is 33.3 Å². The molecule has 0 saturated carbocycles. The Kier molecular flexibility index (Phi) is 5.46. The Balaban J connectivity index is 3.23. The van der Waals surface area contributed by atoms with E-state index in [4.69, 9.17) is 4.74 Å². The number of rotatable bonds is 6. The predicted molar refractivity (Wildman–Crippen MR) is 47.9 cm³/mol. The summed E-state index contributed by atoms with van der Waals surface area (Å²) in [6, 6.07) is 0. The Morgan fingerprint density at radius 2 is 1.91 bits per heavy atom. The zero-order valence-electron chi connectivity index (χ0n) is 8.03. The fourth-order valence-electron chi connectivity index (χ4n) is 0.675. The van der Waals surface area contributed by atoms with Gasteiger partial charge in [-0.05, 0) is 20.9 Å². The maximum absolute atomic E-state index is 5.23. The summed E-state index contributed by atoms with van der Waals surface area (Å²) in [7, 11) is 3.68. The smallest absolute Gasteiger partial charge is 0.0746 e. The summed E-state index contributed by atoms with van der Waals surface area (Å²) in [5, 5.41) is 6.36. The van der Waals surface area contributed by atoms with E-state index in [9.17, 15) is 0 Å². The van der Waals surface area contributed by atoms with E-state index in [2.05, 4.69) is 24.5 Å². The minimum atomic E-state index is -0.0479. The van der Waals surface area contributed by atoms with Gasteiger partial charge >= 0.3 is 0 Å². The highest BCUT2D eigenvalue weighted by molar-refractivity contribution is 4.70. The second-order valence-electron chi connectivity index (χ2n) is 3.24. The predicted octanol–water partition coefficient (Wildman–Crippen LogP) is 0.220. The van der Waals surface area contributed by atoms with E-state index < -0.39 is 0 Å². The van der Waals surface area contributed by atoms with Crippen molar-refractivity contribution in [1.29, 1.82) is 0 Å². The molecule has 0 aliphatic carbocycles. The van der Waals surface area contributed by atoms with Gasteiger partial charge in [0.2, 0.25) is 0 Å². The van der Waals surface area contributed by atoms with E-state index in [0.717, 1.165) is 19.6 Å². The molecule has 0 unspecified atom stereocenters. The fourth-order valence-corrected chi connectivity index (χ4v) is 0.675. The van der Waals surface area contributed by atoms with Gasteiger partial charge in [-0.25, -0.2) is 0 Å². The van der Waals surface area contributed by atoms with Crippen LogP contribution in [0, 0.1) is 0 Å². The number of hydrogen-bond donors (Lipinski definition) is 2. The van der Waals surface area contributed by atoms with Gasteiger partial charge in [-0.3, -0.25) is 0 Å². The van der Waals surface area contributed by atoms with Crippen molar-refractivity contribution in [3.63, 3.8) is 0 Å². The van der Waals surface area contributed by atoms with E-state index in [1.807, 2.05) is 7.05 Å². The van der Waals surface area contributed by atoms with Gasteiger partial charge in [0.05, 0.1) is 5.60 Å². The Bertz CT molecular complexity index is 94.1. The van der Waals surface area contributed by atoms with Crippen molar-refractivity contribution in [2.45, 2.75) is 19.4 Å². The summed E-state index contributed by atoms with van der Waals surface area (Å²) in [5.41, 5.74) is -0.0479. The first-order chi connectivity index (χ1) is 5.12. The Labute approximate surface area is 69.5 Å². The lowest BCUT2D eigenvalue weighted by Gasteiger charge is -2.23. The lowest BCUT2D eigenvalue weighted by atomic mass is 10.1. The SMILES string of the molecule is CNCCNCC(C)(C)OC. The molecule has 2 N–H and O–H groups in total. The van der Waals surface area contributed by atoms with Gasteiger partial charge in [0, 0.05) is 26.7 Å². The molecule has 0 heterocycles. The molecule has 0 bridgehead atoms. The average molecular weight is 160 g/mol. The van der Waals surface area contributed by atoms with Gasteiger partial charge in [0.1, 0.15) is 0 Å². The molecule has 0 aromatic heterocycles. The Morgan fingerprint density at radius 1 is 1.27 bits per heavy atom. The van der Waals surface area contributed by atoms with Crippen LogP contribution < -0.4 is 10.6 Å². The molecular formula is C8H20N2O. The molecule has 0 aromatic carbocycles. The largest absolute Gasteiger partial charge is 0.377 e. The van der Waals surface area contributed by atoms with Crippen LogP contribution in [0.25, 0.3) is 0 Å². The summed E-state index contributed by atoms with van der Waals surface area (Å²) in [6.45, 7) is 7.02. The third-order valence-corrected chi connectivity index (χ3v) is 1.66. The van der Waals surface area contributed by atoms with Gasteiger partial charge in [-0.15, -0.1) is 0 Å². The van der Waals surface area contributed by atoms with Crippen LogP contribution in [0.1, 0.15) is 13.8 Å². The van der Waals surface area contributed by atoms with Crippen molar-refractivity contribution in [3.8, 4) is 0 Å². The molecule has 11 heavy (non-hydrogen) atoms. The van der Waals surface area contributed by atoms with Crippen LogP contribution in [-0.4, -0.2) is 39.4 Å². The lowest BCUT2D eigenvalue weighted by Crippen LogP contribution is -2.39. The van der Waals surface area contributed by atoms with Gasteiger partial charge in [-0.1, -0.05) is 0 Å². The molecule has 0 atom stereocenters. The van der Waals surface area contributed by atoms with Crippen molar-refractivity contribution >= 4 is 0 Å². The maximum atomic E-state index is 5.23. The van der Waals surface area contributed by atoms with Crippen LogP contribution in [0.5, 0.6) is 0 Å². The second kappa shape index (κ2) is 5.52. The first-order valence-electron chi connectivity index (χ1n) is 4.03.